The highest BCUT2D eigenvalue weighted by Crippen LogP contribution is 2.63. The van der Waals surface area contributed by atoms with E-state index in [0.29, 0.717) is 18.4 Å². The van der Waals surface area contributed by atoms with E-state index in [1.165, 1.54) is 0 Å². The molecule has 0 aromatic heterocycles. The minimum Gasteiger partial charge on any atom is -0.481 e. The Morgan fingerprint density at radius 3 is 2.32 bits per heavy atom. The number of aliphatic carboxylic acids is 1. The molecule has 2 fully saturated rings. The molecule has 104 valence electrons. The lowest BCUT2D eigenvalue weighted by atomic mass is 9.62. The van der Waals surface area contributed by atoms with Gasteiger partial charge in [0.1, 0.15) is 0 Å². The van der Waals surface area contributed by atoms with Crippen molar-refractivity contribution < 1.29 is 19.4 Å². The smallest absolute Gasteiger partial charge is 0.310 e. The number of carbonyl (C=O) groups is 2. The van der Waals surface area contributed by atoms with Crippen molar-refractivity contribution in [2.75, 3.05) is 6.61 Å². The van der Waals surface area contributed by atoms with E-state index in [2.05, 4.69) is 6.08 Å². The standard InChI is InChI=1S/C15H20O4/c1-7(2)6-19-15(18)13-9-4-3-8(10-5-11(9)10)12(13)14(16)17/h3-4,7-13H,5-6H2,1-2H3,(H,16,17)/t8-,9-,10-,11+,12+,13+/m0/s1. The number of carboxylic acids is 1. The Hall–Kier alpha value is -1.32. The third kappa shape index (κ3) is 1.97. The number of esters is 1. The molecule has 0 spiro atoms. The Balaban J connectivity index is 1.80. The fourth-order valence-corrected chi connectivity index (χ4v) is 3.88. The molecule has 4 aliphatic carbocycles. The van der Waals surface area contributed by atoms with Gasteiger partial charge in [-0.25, -0.2) is 0 Å². The minimum absolute atomic E-state index is 0.0316. The van der Waals surface area contributed by atoms with E-state index in [9.17, 15) is 14.7 Å². The van der Waals surface area contributed by atoms with Gasteiger partial charge >= 0.3 is 11.9 Å². The van der Waals surface area contributed by atoms with Crippen molar-refractivity contribution >= 4 is 11.9 Å². The van der Waals surface area contributed by atoms with Crippen molar-refractivity contribution in [3.63, 3.8) is 0 Å². The molecule has 2 saturated carbocycles. The van der Waals surface area contributed by atoms with Crippen molar-refractivity contribution in [2.24, 2.45) is 41.4 Å². The van der Waals surface area contributed by atoms with Crippen LogP contribution in [0.25, 0.3) is 0 Å². The summed E-state index contributed by atoms with van der Waals surface area (Å²) in [7, 11) is 0. The molecule has 19 heavy (non-hydrogen) atoms. The van der Waals surface area contributed by atoms with E-state index in [0.717, 1.165) is 6.42 Å². The van der Waals surface area contributed by atoms with Crippen LogP contribution in [0, 0.1) is 41.4 Å². The van der Waals surface area contributed by atoms with Crippen molar-refractivity contribution in [1.29, 1.82) is 0 Å². The van der Waals surface area contributed by atoms with Crippen molar-refractivity contribution in [2.45, 2.75) is 20.3 Å². The molecule has 0 amide bonds. The lowest BCUT2D eigenvalue weighted by molar-refractivity contribution is -0.165. The number of ether oxygens (including phenoxy) is 1. The quantitative estimate of drug-likeness (QED) is 0.622. The van der Waals surface area contributed by atoms with Crippen molar-refractivity contribution in [3.8, 4) is 0 Å². The molecule has 1 N–H and O–H groups in total. The first-order valence-electron chi connectivity index (χ1n) is 7.08. The maximum Gasteiger partial charge on any atom is 0.310 e. The Bertz CT molecular complexity index is 439. The second-order valence-electron chi connectivity index (χ2n) is 6.52. The van der Waals surface area contributed by atoms with E-state index in [1.54, 1.807) is 0 Å². The van der Waals surface area contributed by atoms with Crippen molar-refractivity contribution in [1.82, 2.24) is 0 Å². The number of carboxylic acid groups (broad SMARTS) is 1. The maximum atomic E-state index is 12.3. The lowest BCUT2D eigenvalue weighted by Crippen LogP contribution is -2.47. The zero-order valence-electron chi connectivity index (χ0n) is 11.3. The van der Waals surface area contributed by atoms with Gasteiger partial charge in [-0.05, 0) is 36.0 Å². The predicted octanol–water partition coefficient (Wildman–Crippen LogP) is 1.95. The van der Waals surface area contributed by atoms with E-state index in [4.69, 9.17) is 4.74 Å². The van der Waals surface area contributed by atoms with Gasteiger partial charge in [0.05, 0.1) is 18.4 Å². The highest BCUT2D eigenvalue weighted by molar-refractivity contribution is 5.83. The number of carbonyl (C=O) groups excluding carboxylic acids is 1. The highest BCUT2D eigenvalue weighted by atomic mass is 16.5. The van der Waals surface area contributed by atoms with Gasteiger partial charge in [0.15, 0.2) is 0 Å². The summed E-state index contributed by atoms with van der Waals surface area (Å²) in [6.45, 7) is 4.33. The second-order valence-corrected chi connectivity index (χ2v) is 6.52. The zero-order chi connectivity index (χ0) is 13.7. The van der Waals surface area contributed by atoms with E-state index in [1.807, 2.05) is 19.9 Å². The highest BCUT2D eigenvalue weighted by Gasteiger charge is 2.63. The summed E-state index contributed by atoms with van der Waals surface area (Å²) in [6, 6.07) is 0. The lowest BCUT2D eigenvalue weighted by Gasteiger charge is -2.41. The van der Waals surface area contributed by atoms with Crippen LogP contribution < -0.4 is 0 Å². The third-order valence-corrected chi connectivity index (χ3v) is 4.77. The first-order chi connectivity index (χ1) is 9.00. The summed E-state index contributed by atoms with van der Waals surface area (Å²) in [5.74, 6) is -0.833. The molecule has 0 saturated heterocycles. The number of hydrogen-bond acceptors (Lipinski definition) is 3. The monoisotopic (exact) mass is 264 g/mol. The molecule has 0 aromatic rings. The molecule has 0 unspecified atom stereocenters. The topological polar surface area (TPSA) is 63.6 Å². The molecule has 6 atom stereocenters. The summed E-state index contributed by atoms with van der Waals surface area (Å²) in [5.41, 5.74) is 0. The van der Waals surface area contributed by atoms with Crippen LogP contribution in [0.4, 0.5) is 0 Å². The normalized spacial score (nSPS) is 42.1. The summed E-state index contributed by atoms with van der Waals surface area (Å²) in [4.78, 5) is 23.8. The fraction of sp³-hybridized carbons (Fsp3) is 0.733. The summed E-state index contributed by atoms with van der Waals surface area (Å²) in [5, 5.41) is 9.45. The molecule has 0 aromatic carbocycles. The molecule has 4 rings (SSSR count). The molecule has 0 aliphatic heterocycles. The van der Waals surface area contributed by atoms with Gasteiger partial charge < -0.3 is 9.84 Å². The maximum absolute atomic E-state index is 12.3. The molecular formula is C15H20O4. The molecule has 0 heterocycles. The Morgan fingerprint density at radius 2 is 1.79 bits per heavy atom. The first-order valence-corrected chi connectivity index (χ1v) is 7.08. The Labute approximate surface area is 112 Å². The summed E-state index contributed by atoms with van der Waals surface area (Å²) in [6.07, 6.45) is 5.14. The van der Waals surface area contributed by atoms with Gasteiger partial charge in [-0.1, -0.05) is 26.0 Å². The Kier molecular flexibility index (Phi) is 2.91. The van der Waals surface area contributed by atoms with Crippen LogP contribution >= 0.6 is 0 Å². The second kappa shape index (κ2) is 4.36. The number of allylic oxidation sites excluding steroid dienone is 2. The van der Waals surface area contributed by atoms with E-state index in [-0.39, 0.29) is 23.7 Å². The molecule has 2 bridgehead atoms. The van der Waals surface area contributed by atoms with Crippen LogP contribution in [0.1, 0.15) is 20.3 Å². The fourth-order valence-electron chi connectivity index (χ4n) is 3.88. The number of fused-ring (bicyclic) bond motifs is 1. The van der Waals surface area contributed by atoms with E-state index < -0.39 is 17.8 Å². The minimum atomic E-state index is -0.851. The predicted molar refractivity (Wildman–Crippen MR) is 68.1 cm³/mol. The molecule has 0 radical (unpaired) electrons. The van der Waals surface area contributed by atoms with E-state index >= 15 is 0 Å². The van der Waals surface area contributed by atoms with Crippen molar-refractivity contribution in [3.05, 3.63) is 12.2 Å². The van der Waals surface area contributed by atoms with Gasteiger partial charge in [-0.2, -0.15) is 0 Å². The molecule has 4 heteroatoms. The van der Waals surface area contributed by atoms with Crippen LogP contribution in [0.15, 0.2) is 12.2 Å². The molecule has 4 aliphatic rings. The average Bonchev–Trinajstić information content (AvgIpc) is 3.16. The number of hydrogen-bond donors (Lipinski definition) is 1. The summed E-state index contributed by atoms with van der Waals surface area (Å²) >= 11 is 0. The largest absolute Gasteiger partial charge is 0.481 e. The van der Waals surface area contributed by atoms with Crippen LogP contribution in [0.5, 0.6) is 0 Å². The van der Waals surface area contributed by atoms with Gasteiger partial charge in [0, 0.05) is 0 Å². The summed E-state index contributed by atoms with van der Waals surface area (Å²) < 4.78 is 5.31. The molecule has 4 nitrogen and oxygen atoms in total. The van der Waals surface area contributed by atoms with Gasteiger partial charge in [0.25, 0.3) is 0 Å². The van der Waals surface area contributed by atoms with Crippen LogP contribution in [0.2, 0.25) is 0 Å². The van der Waals surface area contributed by atoms with Gasteiger partial charge in [-0.3, -0.25) is 9.59 Å². The van der Waals surface area contributed by atoms with Crippen LogP contribution in [0.3, 0.4) is 0 Å². The first kappa shape index (κ1) is 12.7. The van der Waals surface area contributed by atoms with Gasteiger partial charge in [0.2, 0.25) is 0 Å². The van der Waals surface area contributed by atoms with Gasteiger partial charge in [-0.15, -0.1) is 0 Å². The molecular weight excluding hydrogens is 244 g/mol. The Morgan fingerprint density at radius 1 is 1.21 bits per heavy atom. The zero-order valence-corrected chi connectivity index (χ0v) is 11.3. The third-order valence-electron chi connectivity index (χ3n) is 4.77. The SMILES string of the molecule is CC(C)COC(=O)[C@@H]1[C@H]2C=C[C@@H]([C@@H]3C[C@H]23)[C@H]1C(=O)O. The average molecular weight is 264 g/mol. The number of rotatable bonds is 4. The van der Waals surface area contributed by atoms with Crippen LogP contribution in [-0.2, 0) is 14.3 Å². The van der Waals surface area contributed by atoms with Crippen LogP contribution in [-0.4, -0.2) is 23.7 Å².